The molecule has 3 heteroatoms. The minimum Gasteiger partial charge on any atom is -0.481 e. The lowest BCUT2D eigenvalue weighted by Gasteiger charge is -2.31. The molecule has 1 saturated heterocycles. The van der Waals surface area contributed by atoms with E-state index in [1.165, 1.54) is 25.7 Å². The van der Waals surface area contributed by atoms with Gasteiger partial charge in [0.15, 0.2) is 0 Å². The molecule has 2 atom stereocenters. The molecule has 2 rings (SSSR count). The molecule has 1 N–H and O–H groups in total. The standard InChI is InChI=1S/C12H21NO2/c1-13-7-3-2-4-10(8-11(14)15)12(13)9-5-6-9/h9-10,12H,2-8H2,1H3,(H,14,15)/t10-,12-/m1/s1. The maximum Gasteiger partial charge on any atom is 0.303 e. The van der Waals surface area contributed by atoms with Crippen LogP contribution in [0.25, 0.3) is 0 Å². The van der Waals surface area contributed by atoms with E-state index < -0.39 is 5.97 Å². The second kappa shape index (κ2) is 4.52. The molecule has 1 saturated carbocycles. The van der Waals surface area contributed by atoms with Crippen LogP contribution in [0.1, 0.15) is 38.5 Å². The molecule has 1 aliphatic carbocycles. The third kappa shape index (κ3) is 2.71. The molecule has 15 heavy (non-hydrogen) atoms. The van der Waals surface area contributed by atoms with E-state index in [9.17, 15) is 4.79 Å². The van der Waals surface area contributed by atoms with Crippen LogP contribution in [-0.4, -0.2) is 35.6 Å². The van der Waals surface area contributed by atoms with Crippen molar-refractivity contribution in [3.05, 3.63) is 0 Å². The molecule has 0 bridgehead atoms. The first-order valence-corrected chi connectivity index (χ1v) is 6.10. The number of carboxylic acid groups (broad SMARTS) is 1. The highest BCUT2D eigenvalue weighted by atomic mass is 16.4. The molecule has 0 aromatic rings. The average molecular weight is 211 g/mol. The molecule has 2 aliphatic rings. The van der Waals surface area contributed by atoms with E-state index in [-0.39, 0.29) is 0 Å². The number of carbonyl (C=O) groups is 1. The molecule has 0 spiro atoms. The summed E-state index contributed by atoms with van der Waals surface area (Å²) in [6, 6.07) is 0.545. The average Bonchev–Trinajstić information content (AvgIpc) is 2.93. The topological polar surface area (TPSA) is 40.5 Å². The van der Waals surface area contributed by atoms with Crippen molar-refractivity contribution in [2.45, 2.75) is 44.6 Å². The van der Waals surface area contributed by atoms with Gasteiger partial charge in [-0.15, -0.1) is 0 Å². The zero-order valence-electron chi connectivity index (χ0n) is 9.48. The highest BCUT2D eigenvalue weighted by Gasteiger charge is 2.40. The summed E-state index contributed by atoms with van der Waals surface area (Å²) in [6.45, 7) is 1.15. The zero-order chi connectivity index (χ0) is 10.8. The Hall–Kier alpha value is -0.570. The number of nitrogens with zero attached hydrogens (tertiary/aromatic N) is 1. The van der Waals surface area contributed by atoms with Gasteiger partial charge in [-0.05, 0) is 51.1 Å². The number of carboxylic acids is 1. The van der Waals surface area contributed by atoms with E-state index in [0.29, 0.717) is 18.4 Å². The monoisotopic (exact) mass is 211 g/mol. The number of hydrogen-bond acceptors (Lipinski definition) is 2. The van der Waals surface area contributed by atoms with Crippen LogP contribution in [0.15, 0.2) is 0 Å². The fourth-order valence-corrected chi connectivity index (χ4v) is 3.08. The van der Waals surface area contributed by atoms with Crippen molar-refractivity contribution in [3.8, 4) is 0 Å². The second-order valence-electron chi connectivity index (χ2n) is 5.16. The van der Waals surface area contributed by atoms with E-state index in [1.54, 1.807) is 0 Å². The molecule has 0 aromatic heterocycles. The molecule has 0 radical (unpaired) electrons. The van der Waals surface area contributed by atoms with Crippen molar-refractivity contribution < 1.29 is 9.90 Å². The van der Waals surface area contributed by atoms with Crippen LogP contribution in [0.4, 0.5) is 0 Å². The molecule has 0 aromatic carbocycles. The molecular formula is C12H21NO2. The zero-order valence-corrected chi connectivity index (χ0v) is 9.48. The van der Waals surface area contributed by atoms with E-state index in [2.05, 4.69) is 11.9 Å². The maximum absolute atomic E-state index is 10.9. The largest absolute Gasteiger partial charge is 0.481 e. The lowest BCUT2D eigenvalue weighted by molar-refractivity contribution is -0.138. The third-order valence-corrected chi connectivity index (χ3v) is 3.87. The van der Waals surface area contributed by atoms with Gasteiger partial charge in [-0.25, -0.2) is 0 Å². The first-order valence-electron chi connectivity index (χ1n) is 6.10. The minimum absolute atomic E-state index is 0.367. The van der Waals surface area contributed by atoms with Crippen molar-refractivity contribution in [2.24, 2.45) is 11.8 Å². The highest BCUT2D eigenvalue weighted by molar-refractivity contribution is 5.67. The van der Waals surface area contributed by atoms with Gasteiger partial charge in [0.05, 0.1) is 0 Å². The summed E-state index contributed by atoms with van der Waals surface area (Å²) in [6.07, 6.45) is 6.53. The van der Waals surface area contributed by atoms with Crippen molar-refractivity contribution in [2.75, 3.05) is 13.6 Å². The molecule has 0 amide bonds. The van der Waals surface area contributed by atoms with Gasteiger partial charge in [-0.3, -0.25) is 4.79 Å². The highest BCUT2D eigenvalue weighted by Crippen LogP contribution is 2.41. The predicted molar refractivity (Wildman–Crippen MR) is 58.7 cm³/mol. The number of rotatable bonds is 3. The smallest absolute Gasteiger partial charge is 0.303 e. The van der Waals surface area contributed by atoms with Gasteiger partial charge in [0.25, 0.3) is 0 Å². The van der Waals surface area contributed by atoms with Gasteiger partial charge >= 0.3 is 5.97 Å². The summed E-state index contributed by atoms with van der Waals surface area (Å²) in [5, 5.41) is 8.95. The van der Waals surface area contributed by atoms with E-state index in [1.807, 2.05) is 0 Å². The Morgan fingerprint density at radius 2 is 2.07 bits per heavy atom. The second-order valence-corrected chi connectivity index (χ2v) is 5.16. The Bertz CT molecular complexity index is 238. The summed E-state index contributed by atoms with van der Waals surface area (Å²) in [7, 11) is 2.17. The normalized spacial score (nSPS) is 33.7. The van der Waals surface area contributed by atoms with Gasteiger partial charge in [-0.1, -0.05) is 6.42 Å². The SMILES string of the molecule is CN1CCCC[C@H](CC(=O)O)[C@H]1C1CC1. The molecule has 86 valence electrons. The number of hydrogen-bond donors (Lipinski definition) is 1. The summed E-state index contributed by atoms with van der Waals surface area (Å²) in [5.41, 5.74) is 0. The fraction of sp³-hybridized carbons (Fsp3) is 0.917. The fourth-order valence-electron chi connectivity index (χ4n) is 3.08. The van der Waals surface area contributed by atoms with Gasteiger partial charge in [0.2, 0.25) is 0 Å². The maximum atomic E-state index is 10.9. The van der Waals surface area contributed by atoms with Gasteiger partial charge < -0.3 is 10.0 Å². The molecule has 0 unspecified atom stereocenters. The molecule has 1 heterocycles. The van der Waals surface area contributed by atoms with Crippen molar-refractivity contribution in [1.29, 1.82) is 0 Å². The first-order chi connectivity index (χ1) is 7.18. The quantitative estimate of drug-likeness (QED) is 0.776. The van der Waals surface area contributed by atoms with E-state index in [0.717, 1.165) is 18.9 Å². The van der Waals surface area contributed by atoms with Crippen LogP contribution in [-0.2, 0) is 4.79 Å². The van der Waals surface area contributed by atoms with Gasteiger partial charge in [0, 0.05) is 12.5 Å². The Morgan fingerprint density at radius 3 is 2.67 bits per heavy atom. The third-order valence-electron chi connectivity index (χ3n) is 3.87. The Balaban J connectivity index is 2.04. The van der Waals surface area contributed by atoms with Crippen LogP contribution < -0.4 is 0 Å². The molecule has 3 nitrogen and oxygen atoms in total. The summed E-state index contributed by atoms with van der Waals surface area (Å²) in [4.78, 5) is 13.3. The summed E-state index contributed by atoms with van der Waals surface area (Å²) >= 11 is 0. The van der Waals surface area contributed by atoms with Gasteiger partial charge in [-0.2, -0.15) is 0 Å². The van der Waals surface area contributed by atoms with Crippen LogP contribution >= 0.6 is 0 Å². The lowest BCUT2D eigenvalue weighted by atomic mass is 9.88. The van der Waals surface area contributed by atoms with Gasteiger partial charge in [0.1, 0.15) is 0 Å². The van der Waals surface area contributed by atoms with Crippen LogP contribution in [0.2, 0.25) is 0 Å². The predicted octanol–water partition coefficient (Wildman–Crippen LogP) is 1.97. The van der Waals surface area contributed by atoms with Crippen LogP contribution in [0, 0.1) is 11.8 Å². The lowest BCUT2D eigenvalue weighted by Crippen LogP contribution is -2.39. The first kappa shape index (κ1) is 10.9. The number of aliphatic carboxylic acids is 1. The minimum atomic E-state index is -0.624. The van der Waals surface area contributed by atoms with E-state index in [4.69, 9.17) is 5.11 Å². The summed E-state index contributed by atoms with van der Waals surface area (Å²) in [5.74, 6) is 0.556. The van der Waals surface area contributed by atoms with E-state index >= 15 is 0 Å². The van der Waals surface area contributed by atoms with Crippen molar-refractivity contribution in [3.63, 3.8) is 0 Å². The molecule has 1 aliphatic heterocycles. The summed E-state index contributed by atoms with van der Waals surface area (Å²) < 4.78 is 0. The van der Waals surface area contributed by atoms with Crippen molar-refractivity contribution in [1.82, 2.24) is 4.90 Å². The molecule has 2 fully saturated rings. The molecular weight excluding hydrogens is 190 g/mol. The number of likely N-dealkylation sites (tertiary alicyclic amines) is 1. The Morgan fingerprint density at radius 1 is 1.33 bits per heavy atom. The van der Waals surface area contributed by atoms with Crippen molar-refractivity contribution >= 4 is 5.97 Å². The Kier molecular flexibility index (Phi) is 3.29. The van der Waals surface area contributed by atoms with Crippen LogP contribution in [0.5, 0.6) is 0 Å². The van der Waals surface area contributed by atoms with Crippen LogP contribution in [0.3, 0.4) is 0 Å². The Labute approximate surface area is 91.5 Å².